The lowest BCUT2D eigenvalue weighted by atomic mass is 9.76. The molecule has 1 saturated heterocycles. The summed E-state index contributed by atoms with van der Waals surface area (Å²) in [4.78, 5) is 63.5. The van der Waals surface area contributed by atoms with Gasteiger partial charge in [-0.15, -0.1) is 0 Å². The van der Waals surface area contributed by atoms with E-state index in [2.05, 4.69) is 0 Å². The highest BCUT2D eigenvalue weighted by molar-refractivity contribution is 6.42. The van der Waals surface area contributed by atoms with Crippen LogP contribution in [0.4, 0.5) is 5.69 Å². The van der Waals surface area contributed by atoms with Crippen molar-refractivity contribution in [3.05, 3.63) is 73.8 Å². The second-order valence-corrected chi connectivity index (χ2v) is 9.65. The van der Waals surface area contributed by atoms with Crippen molar-refractivity contribution in [2.75, 3.05) is 6.54 Å². The van der Waals surface area contributed by atoms with E-state index in [-0.39, 0.29) is 32.8 Å². The Balaban J connectivity index is 1.69. The van der Waals surface area contributed by atoms with E-state index >= 15 is 0 Å². The number of rotatable bonds is 6. The van der Waals surface area contributed by atoms with Gasteiger partial charge in [-0.2, -0.15) is 5.01 Å². The van der Waals surface area contributed by atoms with Gasteiger partial charge in [-0.05, 0) is 55.5 Å². The SMILES string of the molecule is C[C@@H]1CC[C@@H]2C(=O)N(N(CC(=O)c3ccc([N+](=O)[O-])cc3)C(=O)c3ccc(Cl)c(Cl)c3)C(=O)[C@H]2C1. The molecule has 4 rings (SSSR count). The summed E-state index contributed by atoms with van der Waals surface area (Å²) in [6, 6.07) is 8.95. The molecule has 35 heavy (non-hydrogen) atoms. The quantitative estimate of drug-likeness (QED) is 0.240. The molecule has 0 N–H and O–H groups in total. The highest BCUT2D eigenvalue weighted by Gasteiger charge is 2.52. The number of nitrogens with zero attached hydrogens (tertiary/aromatic N) is 3. The number of nitro groups is 1. The van der Waals surface area contributed by atoms with Crippen LogP contribution in [0.3, 0.4) is 0 Å². The Morgan fingerprint density at radius 2 is 1.63 bits per heavy atom. The molecule has 0 bridgehead atoms. The average Bonchev–Trinajstić information content (AvgIpc) is 3.07. The molecule has 0 spiro atoms. The second kappa shape index (κ2) is 9.75. The largest absolute Gasteiger partial charge is 0.292 e. The number of halogens is 2. The first-order valence-electron chi connectivity index (χ1n) is 11.0. The third kappa shape index (κ3) is 4.78. The van der Waals surface area contributed by atoms with Crippen LogP contribution in [0.15, 0.2) is 42.5 Å². The highest BCUT2D eigenvalue weighted by Crippen LogP contribution is 2.41. The lowest BCUT2D eigenvalue weighted by Gasteiger charge is -2.30. The molecular weight excluding hydrogens is 497 g/mol. The monoisotopic (exact) mass is 517 g/mol. The molecule has 2 aliphatic rings. The summed E-state index contributed by atoms with van der Waals surface area (Å²) in [6.07, 6.45) is 1.84. The molecule has 1 aliphatic carbocycles. The Kier molecular flexibility index (Phi) is 6.91. The summed E-state index contributed by atoms with van der Waals surface area (Å²) in [5.41, 5.74) is -0.0687. The number of carbonyl (C=O) groups is 4. The fraction of sp³-hybridized carbons (Fsp3) is 0.333. The molecule has 2 fully saturated rings. The fourth-order valence-electron chi connectivity index (χ4n) is 4.62. The van der Waals surface area contributed by atoms with Crippen LogP contribution < -0.4 is 0 Å². The Morgan fingerprint density at radius 1 is 1.00 bits per heavy atom. The summed E-state index contributed by atoms with van der Waals surface area (Å²) in [5, 5.41) is 12.9. The molecule has 0 unspecified atom stereocenters. The summed E-state index contributed by atoms with van der Waals surface area (Å²) < 4.78 is 0. The molecule has 1 saturated carbocycles. The summed E-state index contributed by atoms with van der Waals surface area (Å²) in [6.45, 7) is 1.39. The number of imide groups is 1. The van der Waals surface area contributed by atoms with E-state index in [0.29, 0.717) is 12.8 Å². The van der Waals surface area contributed by atoms with E-state index in [9.17, 15) is 29.3 Å². The Morgan fingerprint density at radius 3 is 2.26 bits per heavy atom. The van der Waals surface area contributed by atoms with Gasteiger partial charge in [0.1, 0.15) is 6.54 Å². The molecular formula is C24H21Cl2N3O6. The Hall–Kier alpha value is -3.30. The fourth-order valence-corrected chi connectivity index (χ4v) is 4.92. The van der Waals surface area contributed by atoms with E-state index in [1.807, 2.05) is 6.92 Å². The Bertz CT molecular complexity index is 1230. The zero-order valence-electron chi connectivity index (χ0n) is 18.6. The van der Waals surface area contributed by atoms with Crippen LogP contribution >= 0.6 is 23.2 Å². The number of Topliss-reactive ketones (excluding diaryl/α,β-unsaturated/α-hetero) is 1. The minimum Gasteiger partial charge on any atom is -0.292 e. The van der Waals surface area contributed by atoms with Crippen LogP contribution in [0.2, 0.25) is 10.0 Å². The van der Waals surface area contributed by atoms with Crippen molar-refractivity contribution < 1.29 is 24.1 Å². The van der Waals surface area contributed by atoms with Crippen LogP contribution in [-0.4, -0.2) is 45.0 Å². The van der Waals surface area contributed by atoms with Gasteiger partial charge in [-0.3, -0.25) is 29.3 Å². The van der Waals surface area contributed by atoms with Crippen molar-refractivity contribution in [2.45, 2.75) is 26.2 Å². The van der Waals surface area contributed by atoms with E-state index < -0.39 is 46.8 Å². The molecule has 9 nitrogen and oxygen atoms in total. The number of hydrogen-bond acceptors (Lipinski definition) is 6. The number of hydrazine groups is 1. The number of nitro benzene ring substituents is 1. The summed E-state index contributed by atoms with van der Waals surface area (Å²) >= 11 is 12.0. The molecule has 3 amide bonds. The molecule has 11 heteroatoms. The van der Waals surface area contributed by atoms with Crippen molar-refractivity contribution in [3.63, 3.8) is 0 Å². The molecule has 0 radical (unpaired) electrons. The van der Waals surface area contributed by atoms with Crippen LogP contribution in [0.25, 0.3) is 0 Å². The maximum absolute atomic E-state index is 13.5. The third-order valence-corrected chi connectivity index (χ3v) is 7.24. The number of non-ortho nitro benzene ring substituents is 1. The van der Waals surface area contributed by atoms with Crippen molar-refractivity contribution in [1.29, 1.82) is 0 Å². The van der Waals surface area contributed by atoms with Crippen LogP contribution in [0, 0.1) is 27.9 Å². The number of carbonyl (C=O) groups excluding carboxylic acids is 4. The van der Waals surface area contributed by atoms with E-state index in [0.717, 1.165) is 16.4 Å². The van der Waals surface area contributed by atoms with Gasteiger partial charge in [0.25, 0.3) is 23.4 Å². The molecule has 3 atom stereocenters. The van der Waals surface area contributed by atoms with E-state index in [1.54, 1.807) is 0 Å². The predicted molar refractivity (Wildman–Crippen MR) is 127 cm³/mol. The van der Waals surface area contributed by atoms with E-state index in [4.69, 9.17) is 23.2 Å². The smallest absolute Gasteiger partial charge is 0.273 e. The van der Waals surface area contributed by atoms with Gasteiger partial charge in [0.15, 0.2) is 5.78 Å². The van der Waals surface area contributed by atoms with Crippen molar-refractivity contribution in [1.82, 2.24) is 10.0 Å². The standard InChI is InChI=1S/C24H21Cl2N3O6/c1-13-2-8-17-18(10-13)24(33)28(23(17)32)27(22(31)15-5-9-19(25)20(26)11-15)12-21(30)14-3-6-16(7-4-14)29(34)35/h3-7,9,11,13,17-18H,2,8,10,12H2,1H3/t13-,17+,18+/m1/s1. The third-order valence-electron chi connectivity index (χ3n) is 6.50. The number of fused-ring (bicyclic) bond motifs is 1. The zero-order valence-corrected chi connectivity index (χ0v) is 20.2. The molecule has 2 aromatic carbocycles. The van der Waals surface area contributed by atoms with E-state index in [1.165, 1.54) is 42.5 Å². The normalized spacial score (nSPS) is 21.6. The molecule has 1 heterocycles. The zero-order chi connectivity index (χ0) is 25.4. The summed E-state index contributed by atoms with van der Waals surface area (Å²) in [5.74, 6) is -3.24. The van der Waals surface area contributed by atoms with Crippen LogP contribution in [-0.2, 0) is 9.59 Å². The molecule has 0 aromatic heterocycles. The topological polar surface area (TPSA) is 118 Å². The van der Waals surface area contributed by atoms with Crippen molar-refractivity contribution in [3.8, 4) is 0 Å². The number of amides is 3. The second-order valence-electron chi connectivity index (χ2n) is 8.84. The van der Waals surface area contributed by atoms with Gasteiger partial charge < -0.3 is 0 Å². The Labute approximate surface area is 210 Å². The van der Waals surface area contributed by atoms with Gasteiger partial charge >= 0.3 is 0 Å². The maximum atomic E-state index is 13.5. The maximum Gasteiger partial charge on any atom is 0.273 e. The first-order valence-corrected chi connectivity index (χ1v) is 11.8. The van der Waals surface area contributed by atoms with Crippen molar-refractivity contribution in [2.24, 2.45) is 17.8 Å². The highest BCUT2D eigenvalue weighted by atomic mass is 35.5. The van der Waals surface area contributed by atoms with Gasteiger partial charge in [0.2, 0.25) is 0 Å². The van der Waals surface area contributed by atoms with Gasteiger partial charge in [0.05, 0.1) is 26.8 Å². The molecule has 182 valence electrons. The van der Waals surface area contributed by atoms with Gasteiger partial charge in [-0.1, -0.05) is 30.1 Å². The summed E-state index contributed by atoms with van der Waals surface area (Å²) in [7, 11) is 0. The minimum absolute atomic E-state index is 0.0414. The van der Waals surface area contributed by atoms with Crippen LogP contribution in [0.5, 0.6) is 0 Å². The van der Waals surface area contributed by atoms with Gasteiger partial charge in [-0.25, -0.2) is 5.01 Å². The molecule has 2 aromatic rings. The first-order chi connectivity index (χ1) is 16.6. The first kappa shape index (κ1) is 24.8. The number of hydrogen-bond donors (Lipinski definition) is 0. The lowest BCUT2D eigenvalue weighted by molar-refractivity contribution is -0.384. The number of ketones is 1. The predicted octanol–water partition coefficient (Wildman–Crippen LogP) is 4.56. The average molecular weight is 518 g/mol. The molecule has 1 aliphatic heterocycles. The number of benzene rings is 2. The lowest BCUT2D eigenvalue weighted by Crippen LogP contribution is -2.52. The minimum atomic E-state index is -0.771. The van der Waals surface area contributed by atoms with Crippen molar-refractivity contribution >= 4 is 52.4 Å². The van der Waals surface area contributed by atoms with Crippen LogP contribution in [0.1, 0.15) is 46.9 Å². The van der Waals surface area contributed by atoms with Gasteiger partial charge in [0, 0.05) is 23.3 Å².